The van der Waals surface area contributed by atoms with Crippen LogP contribution in [0.15, 0.2) is 30.3 Å². The van der Waals surface area contributed by atoms with Crippen LogP contribution in [0.1, 0.15) is 31.7 Å². The molecule has 7 nitrogen and oxygen atoms in total. The maximum atomic E-state index is 11.8. The highest BCUT2D eigenvalue weighted by Crippen LogP contribution is 2.20. The van der Waals surface area contributed by atoms with Crippen LogP contribution in [-0.4, -0.2) is 56.8 Å². The van der Waals surface area contributed by atoms with E-state index in [0.717, 1.165) is 31.4 Å². The Labute approximate surface area is 156 Å². The van der Waals surface area contributed by atoms with Crippen LogP contribution >= 0.6 is 0 Å². The van der Waals surface area contributed by atoms with Gasteiger partial charge in [0.15, 0.2) is 0 Å². The molecular formula is C18H29N3O4S. The van der Waals surface area contributed by atoms with Gasteiger partial charge in [0, 0.05) is 25.2 Å². The summed E-state index contributed by atoms with van der Waals surface area (Å²) in [6.45, 7) is 3.91. The van der Waals surface area contributed by atoms with Crippen molar-refractivity contribution in [3.8, 4) is 0 Å². The molecule has 0 heterocycles. The van der Waals surface area contributed by atoms with E-state index in [9.17, 15) is 13.2 Å². The summed E-state index contributed by atoms with van der Waals surface area (Å²) in [4.78, 5) is 11.8. The summed E-state index contributed by atoms with van der Waals surface area (Å²) >= 11 is 0. The number of rotatable bonds is 10. The Morgan fingerprint density at radius 3 is 2.54 bits per heavy atom. The quantitative estimate of drug-likeness (QED) is 0.601. The topological polar surface area (TPSA) is 87.7 Å². The lowest BCUT2D eigenvalue weighted by Gasteiger charge is -2.36. The van der Waals surface area contributed by atoms with Gasteiger partial charge in [-0.25, -0.2) is 17.5 Å². The van der Waals surface area contributed by atoms with E-state index in [-0.39, 0.29) is 18.7 Å². The Morgan fingerprint density at radius 1 is 1.23 bits per heavy atom. The molecule has 1 amide bonds. The standard InChI is InChI=1S/C18H29N3O4S/c1-3-21(26(2,23)24)11-7-10-19-16-12-17(13-16)20-18(22)25-14-15-8-5-4-6-9-15/h4-6,8-9,16-17,19H,3,7,10-14H2,1-2H3,(H,20,22). The number of ether oxygens (including phenoxy) is 1. The second kappa shape index (κ2) is 9.89. The maximum Gasteiger partial charge on any atom is 0.407 e. The Kier molecular flexibility index (Phi) is 7.86. The number of alkyl carbamates (subject to hydrolysis) is 1. The van der Waals surface area contributed by atoms with Crippen molar-refractivity contribution in [3.63, 3.8) is 0 Å². The smallest absolute Gasteiger partial charge is 0.407 e. The first-order valence-electron chi connectivity index (χ1n) is 9.04. The fraction of sp³-hybridized carbons (Fsp3) is 0.611. The molecule has 0 spiro atoms. The van der Waals surface area contributed by atoms with Crippen LogP contribution in [0, 0.1) is 0 Å². The Hall–Kier alpha value is -1.64. The summed E-state index contributed by atoms with van der Waals surface area (Å²) < 4.78 is 29.7. The van der Waals surface area contributed by atoms with Crippen LogP contribution in [0.5, 0.6) is 0 Å². The lowest BCUT2D eigenvalue weighted by Crippen LogP contribution is -2.52. The molecule has 8 heteroatoms. The summed E-state index contributed by atoms with van der Waals surface area (Å²) in [6, 6.07) is 10.1. The summed E-state index contributed by atoms with van der Waals surface area (Å²) in [5.74, 6) is 0. The van der Waals surface area contributed by atoms with Gasteiger partial charge in [-0.15, -0.1) is 0 Å². The predicted molar refractivity (Wildman–Crippen MR) is 101 cm³/mol. The number of benzene rings is 1. The van der Waals surface area contributed by atoms with Crippen LogP contribution in [0.4, 0.5) is 4.79 Å². The zero-order valence-electron chi connectivity index (χ0n) is 15.5. The molecule has 1 fully saturated rings. The van der Waals surface area contributed by atoms with Crippen molar-refractivity contribution in [3.05, 3.63) is 35.9 Å². The molecule has 1 aliphatic carbocycles. The highest BCUT2D eigenvalue weighted by Gasteiger charge is 2.30. The van der Waals surface area contributed by atoms with Gasteiger partial charge in [-0.3, -0.25) is 0 Å². The molecule has 1 aliphatic rings. The van der Waals surface area contributed by atoms with Gasteiger partial charge in [-0.2, -0.15) is 0 Å². The van der Waals surface area contributed by atoms with Gasteiger partial charge in [0.2, 0.25) is 10.0 Å². The molecule has 0 atom stereocenters. The van der Waals surface area contributed by atoms with Crippen molar-refractivity contribution in [2.24, 2.45) is 0 Å². The summed E-state index contributed by atoms with van der Waals surface area (Å²) in [5, 5.41) is 6.26. The molecule has 0 radical (unpaired) electrons. The zero-order valence-corrected chi connectivity index (χ0v) is 16.3. The first kappa shape index (κ1) is 20.7. The Bertz CT molecular complexity index is 660. The fourth-order valence-corrected chi connectivity index (χ4v) is 3.88. The van der Waals surface area contributed by atoms with Crippen molar-refractivity contribution in [2.75, 3.05) is 25.9 Å². The van der Waals surface area contributed by atoms with E-state index in [0.29, 0.717) is 19.1 Å². The summed E-state index contributed by atoms with van der Waals surface area (Å²) in [7, 11) is -3.11. The molecule has 1 aromatic rings. The Morgan fingerprint density at radius 2 is 1.92 bits per heavy atom. The van der Waals surface area contributed by atoms with Crippen molar-refractivity contribution < 1.29 is 17.9 Å². The van der Waals surface area contributed by atoms with Crippen LogP contribution in [0.3, 0.4) is 0 Å². The molecule has 1 aromatic carbocycles. The van der Waals surface area contributed by atoms with Crippen LogP contribution in [0.25, 0.3) is 0 Å². The third-order valence-corrected chi connectivity index (χ3v) is 5.89. The Balaban J connectivity index is 1.53. The summed E-state index contributed by atoms with van der Waals surface area (Å²) in [6.07, 6.45) is 3.36. The number of sulfonamides is 1. The SMILES string of the molecule is CCN(CCCNC1CC(NC(=O)OCc2ccccc2)C1)S(C)(=O)=O. The largest absolute Gasteiger partial charge is 0.445 e. The third-order valence-electron chi connectivity index (χ3n) is 4.51. The molecule has 26 heavy (non-hydrogen) atoms. The molecule has 0 aliphatic heterocycles. The van der Waals surface area contributed by atoms with Gasteiger partial charge < -0.3 is 15.4 Å². The van der Waals surface area contributed by atoms with Gasteiger partial charge in [-0.05, 0) is 31.4 Å². The zero-order chi connectivity index (χ0) is 19.0. The van der Waals surface area contributed by atoms with E-state index in [1.54, 1.807) is 0 Å². The third kappa shape index (κ3) is 6.93. The second-order valence-electron chi connectivity index (χ2n) is 6.63. The van der Waals surface area contributed by atoms with Crippen LogP contribution in [-0.2, 0) is 21.4 Å². The first-order chi connectivity index (χ1) is 12.4. The second-order valence-corrected chi connectivity index (χ2v) is 8.62. The number of hydrogen-bond acceptors (Lipinski definition) is 5. The van der Waals surface area contributed by atoms with Gasteiger partial charge in [0.05, 0.1) is 6.26 Å². The number of carbonyl (C=O) groups is 1. The molecule has 1 saturated carbocycles. The lowest BCUT2D eigenvalue weighted by molar-refractivity contribution is 0.125. The number of hydrogen-bond donors (Lipinski definition) is 2. The van der Waals surface area contributed by atoms with Crippen molar-refractivity contribution in [1.29, 1.82) is 0 Å². The molecule has 2 rings (SSSR count). The molecule has 0 bridgehead atoms. The van der Waals surface area contributed by atoms with E-state index < -0.39 is 10.0 Å². The molecule has 146 valence electrons. The van der Waals surface area contributed by atoms with E-state index >= 15 is 0 Å². The number of nitrogens with one attached hydrogen (secondary N) is 2. The minimum absolute atomic E-state index is 0.138. The average Bonchev–Trinajstić information content (AvgIpc) is 2.57. The van der Waals surface area contributed by atoms with Gasteiger partial charge >= 0.3 is 6.09 Å². The molecule has 0 saturated heterocycles. The van der Waals surface area contributed by atoms with Crippen LogP contribution in [0.2, 0.25) is 0 Å². The molecule has 2 N–H and O–H groups in total. The maximum absolute atomic E-state index is 11.8. The molecule has 0 aromatic heterocycles. The van der Waals surface area contributed by atoms with E-state index in [4.69, 9.17) is 4.74 Å². The minimum atomic E-state index is -3.11. The van der Waals surface area contributed by atoms with E-state index in [1.165, 1.54) is 10.6 Å². The first-order valence-corrected chi connectivity index (χ1v) is 10.9. The number of amides is 1. The number of carbonyl (C=O) groups excluding carboxylic acids is 1. The van der Waals surface area contributed by atoms with Crippen LogP contribution < -0.4 is 10.6 Å². The van der Waals surface area contributed by atoms with E-state index in [1.807, 2.05) is 37.3 Å². The van der Waals surface area contributed by atoms with E-state index in [2.05, 4.69) is 10.6 Å². The number of nitrogens with zero attached hydrogens (tertiary/aromatic N) is 1. The van der Waals surface area contributed by atoms with Gasteiger partial charge in [-0.1, -0.05) is 37.3 Å². The fourth-order valence-electron chi connectivity index (χ4n) is 2.95. The van der Waals surface area contributed by atoms with Gasteiger partial charge in [0.25, 0.3) is 0 Å². The average molecular weight is 384 g/mol. The lowest BCUT2D eigenvalue weighted by atomic mass is 9.87. The highest BCUT2D eigenvalue weighted by molar-refractivity contribution is 7.88. The monoisotopic (exact) mass is 383 g/mol. The molecular weight excluding hydrogens is 354 g/mol. The van der Waals surface area contributed by atoms with Gasteiger partial charge in [0.1, 0.15) is 6.61 Å². The normalized spacial score (nSPS) is 19.8. The molecule has 0 unspecified atom stereocenters. The van der Waals surface area contributed by atoms with Crippen molar-refractivity contribution in [2.45, 2.75) is 44.9 Å². The van der Waals surface area contributed by atoms with Crippen molar-refractivity contribution in [1.82, 2.24) is 14.9 Å². The predicted octanol–water partition coefficient (Wildman–Crippen LogP) is 1.70. The highest BCUT2D eigenvalue weighted by atomic mass is 32.2. The minimum Gasteiger partial charge on any atom is -0.445 e. The summed E-state index contributed by atoms with van der Waals surface area (Å²) in [5.41, 5.74) is 0.964. The van der Waals surface area contributed by atoms with Crippen molar-refractivity contribution >= 4 is 16.1 Å².